The fraction of sp³-hybridized carbons (Fsp3) is 0.571. The summed E-state index contributed by atoms with van der Waals surface area (Å²) in [5.41, 5.74) is 5.58. The Morgan fingerprint density at radius 1 is 1.32 bits per heavy atom. The summed E-state index contributed by atoms with van der Waals surface area (Å²) in [6.45, 7) is 0. The lowest BCUT2D eigenvalue weighted by Gasteiger charge is -2.36. The van der Waals surface area contributed by atoms with Gasteiger partial charge in [-0.15, -0.1) is 0 Å². The summed E-state index contributed by atoms with van der Waals surface area (Å²) in [6.07, 6.45) is 3.74. The Balaban J connectivity index is 1.85. The van der Waals surface area contributed by atoms with E-state index >= 15 is 0 Å². The molecule has 2 aliphatic heterocycles. The molecule has 1 aromatic rings. The van der Waals surface area contributed by atoms with Crippen molar-refractivity contribution in [2.75, 3.05) is 12.8 Å². The SMILES string of the molecule is CN1[C@@H]2CC[C@H]1CC(NS(=O)(=O)c1c(Cl)ccc(N)c1O)C2. The van der Waals surface area contributed by atoms with Gasteiger partial charge in [-0.05, 0) is 44.9 Å². The minimum absolute atomic E-state index is 0.00628. The number of piperidine rings is 1. The van der Waals surface area contributed by atoms with Crippen molar-refractivity contribution in [2.24, 2.45) is 0 Å². The van der Waals surface area contributed by atoms with Crippen molar-refractivity contribution in [1.29, 1.82) is 0 Å². The highest BCUT2D eigenvalue weighted by molar-refractivity contribution is 7.89. The second-order valence-corrected chi connectivity index (χ2v) is 8.21. The van der Waals surface area contributed by atoms with Gasteiger partial charge in [0.15, 0.2) is 5.75 Å². The van der Waals surface area contributed by atoms with Crippen LogP contribution in [-0.4, -0.2) is 43.6 Å². The molecule has 6 nitrogen and oxygen atoms in total. The monoisotopic (exact) mass is 345 g/mol. The summed E-state index contributed by atoms with van der Waals surface area (Å²) in [5.74, 6) is -0.490. The summed E-state index contributed by atoms with van der Waals surface area (Å²) < 4.78 is 27.9. The van der Waals surface area contributed by atoms with Gasteiger partial charge < -0.3 is 15.7 Å². The topological polar surface area (TPSA) is 95.7 Å². The van der Waals surface area contributed by atoms with E-state index in [0.717, 1.165) is 25.7 Å². The summed E-state index contributed by atoms with van der Waals surface area (Å²) in [4.78, 5) is 2.00. The standard InChI is InChI=1S/C14H20ClN3O3S/c1-18-9-2-3-10(18)7-8(6-9)17-22(20,21)14-11(15)4-5-12(16)13(14)19/h4-5,8-10,17,19H,2-3,6-7,16H2,1H3/t8?,9-,10+. The van der Waals surface area contributed by atoms with Crippen LogP contribution >= 0.6 is 11.6 Å². The van der Waals surface area contributed by atoms with E-state index in [1.54, 1.807) is 0 Å². The van der Waals surface area contributed by atoms with E-state index in [9.17, 15) is 13.5 Å². The fourth-order valence-corrected chi connectivity index (χ4v) is 5.51. The summed E-state index contributed by atoms with van der Waals surface area (Å²) in [6, 6.07) is 3.44. The molecular weight excluding hydrogens is 326 g/mol. The Morgan fingerprint density at radius 3 is 2.50 bits per heavy atom. The second kappa shape index (κ2) is 5.56. The van der Waals surface area contributed by atoms with E-state index in [-0.39, 0.29) is 21.6 Å². The molecule has 0 aliphatic carbocycles. The quantitative estimate of drug-likeness (QED) is 0.570. The molecule has 2 fully saturated rings. The molecular formula is C14H20ClN3O3S. The number of nitrogen functional groups attached to an aromatic ring is 1. The number of anilines is 1. The average Bonchev–Trinajstić information content (AvgIpc) is 2.65. The maximum absolute atomic E-state index is 12.6. The third kappa shape index (κ3) is 2.67. The first-order valence-electron chi connectivity index (χ1n) is 7.31. The van der Waals surface area contributed by atoms with Crippen molar-refractivity contribution in [2.45, 2.75) is 48.7 Å². The highest BCUT2D eigenvalue weighted by Crippen LogP contribution is 2.37. The first-order valence-corrected chi connectivity index (χ1v) is 9.17. The van der Waals surface area contributed by atoms with Crippen LogP contribution < -0.4 is 10.5 Å². The Morgan fingerprint density at radius 2 is 1.91 bits per heavy atom. The van der Waals surface area contributed by atoms with Crippen LogP contribution in [0.15, 0.2) is 17.0 Å². The molecule has 2 bridgehead atoms. The van der Waals surface area contributed by atoms with Gasteiger partial charge in [0.2, 0.25) is 10.0 Å². The number of sulfonamides is 1. The second-order valence-electron chi connectivity index (χ2n) is 6.15. The molecule has 2 heterocycles. The third-order valence-corrected chi connectivity index (χ3v) is 6.82. The van der Waals surface area contributed by atoms with Crippen LogP contribution in [0.2, 0.25) is 5.02 Å². The summed E-state index contributed by atoms with van der Waals surface area (Å²) in [7, 11) is -1.82. The van der Waals surface area contributed by atoms with Crippen molar-refractivity contribution in [3.63, 3.8) is 0 Å². The third-order valence-electron chi connectivity index (χ3n) is 4.80. The molecule has 22 heavy (non-hydrogen) atoms. The lowest BCUT2D eigenvalue weighted by Crippen LogP contribution is -2.48. The fourth-order valence-electron chi connectivity index (χ4n) is 3.60. The van der Waals surface area contributed by atoms with Gasteiger partial charge in [-0.1, -0.05) is 11.6 Å². The molecule has 0 spiro atoms. The van der Waals surface area contributed by atoms with Gasteiger partial charge in [0.1, 0.15) is 4.90 Å². The number of hydrogen-bond acceptors (Lipinski definition) is 5. The number of hydrogen-bond donors (Lipinski definition) is 3. The van der Waals surface area contributed by atoms with Crippen molar-refractivity contribution in [3.8, 4) is 5.75 Å². The average molecular weight is 346 g/mol. The van der Waals surface area contributed by atoms with E-state index < -0.39 is 15.8 Å². The number of rotatable bonds is 3. The van der Waals surface area contributed by atoms with E-state index in [1.165, 1.54) is 12.1 Å². The Kier molecular flexibility index (Phi) is 4.01. The molecule has 0 amide bonds. The van der Waals surface area contributed by atoms with E-state index in [0.29, 0.717) is 12.1 Å². The molecule has 1 aromatic carbocycles. The lowest BCUT2D eigenvalue weighted by molar-refractivity contribution is 0.157. The van der Waals surface area contributed by atoms with Crippen molar-refractivity contribution in [3.05, 3.63) is 17.2 Å². The predicted molar refractivity (Wildman–Crippen MR) is 85.4 cm³/mol. The Bertz CT molecular complexity index is 681. The van der Waals surface area contributed by atoms with Gasteiger partial charge in [-0.3, -0.25) is 0 Å². The van der Waals surface area contributed by atoms with E-state index in [4.69, 9.17) is 17.3 Å². The zero-order valence-electron chi connectivity index (χ0n) is 12.3. The minimum Gasteiger partial charge on any atom is -0.504 e. The molecule has 122 valence electrons. The number of phenols is 1. The number of benzene rings is 1. The molecule has 3 atom stereocenters. The largest absolute Gasteiger partial charge is 0.504 e. The molecule has 2 aliphatic rings. The van der Waals surface area contributed by atoms with Crippen LogP contribution in [0.4, 0.5) is 5.69 Å². The van der Waals surface area contributed by atoms with Gasteiger partial charge >= 0.3 is 0 Å². The number of phenolic OH excluding ortho intramolecular Hbond substituents is 1. The molecule has 3 rings (SSSR count). The number of nitrogens with two attached hydrogens (primary N) is 1. The van der Waals surface area contributed by atoms with Crippen LogP contribution in [0.3, 0.4) is 0 Å². The highest BCUT2D eigenvalue weighted by Gasteiger charge is 2.40. The van der Waals surface area contributed by atoms with Gasteiger partial charge in [0.05, 0.1) is 10.7 Å². The zero-order chi connectivity index (χ0) is 16.1. The summed E-state index contributed by atoms with van der Waals surface area (Å²) >= 11 is 5.95. The number of fused-ring (bicyclic) bond motifs is 2. The molecule has 4 N–H and O–H groups in total. The first-order chi connectivity index (χ1) is 10.3. The van der Waals surface area contributed by atoms with Crippen molar-refractivity contribution < 1.29 is 13.5 Å². The summed E-state index contributed by atoms with van der Waals surface area (Å²) in [5, 5.41) is 9.93. The van der Waals surface area contributed by atoms with Gasteiger partial charge in [0.25, 0.3) is 0 Å². The Hall–Kier alpha value is -1.02. The van der Waals surface area contributed by atoms with E-state index in [1.807, 2.05) is 0 Å². The predicted octanol–water partition coefficient (Wildman–Crippen LogP) is 1.53. The van der Waals surface area contributed by atoms with E-state index in [2.05, 4.69) is 16.7 Å². The Labute approximate surface area is 135 Å². The van der Waals surface area contributed by atoms with Crippen molar-refractivity contribution >= 4 is 27.3 Å². The lowest BCUT2D eigenvalue weighted by atomic mass is 9.99. The smallest absolute Gasteiger partial charge is 0.246 e. The minimum atomic E-state index is -3.91. The van der Waals surface area contributed by atoms with Crippen LogP contribution in [-0.2, 0) is 10.0 Å². The zero-order valence-corrected chi connectivity index (χ0v) is 13.9. The maximum atomic E-state index is 12.6. The number of nitrogens with one attached hydrogen (secondary N) is 1. The van der Waals surface area contributed by atoms with Crippen LogP contribution in [0.1, 0.15) is 25.7 Å². The number of nitrogens with zero attached hydrogens (tertiary/aromatic N) is 1. The molecule has 8 heteroatoms. The molecule has 0 aromatic heterocycles. The van der Waals surface area contributed by atoms with Gasteiger partial charge in [0, 0.05) is 18.1 Å². The number of halogens is 1. The molecule has 0 radical (unpaired) electrons. The molecule has 1 unspecified atom stereocenters. The molecule has 0 saturated carbocycles. The van der Waals surface area contributed by atoms with Gasteiger partial charge in [-0.25, -0.2) is 13.1 Å². The van der Waals surface area contributed by atoms with Crippen LogP contribution in [0, 0.1) is 0 Å². The van der Waals surface area contributed by atoms with Gasteiger partial charge in [-0.2, -0.15) is 0 Å². The first kappa shape index (κ1) is 15.9. The van der Waals surface area contributed by atoms with Crippen LogP contribution in [0.5, 0.6) is 5.75 Å². The van der Waals surface area contributed by atoms with Crippen molar-refractivity contribution in [1.82, 2.24) is 9.62 Å². The maximum Gasteiger partial charge on any atom is 0.246 e. The number of aromatic hydroxyl groups is 1. The molecule has 2 saturated heterocycles. The van der Waals surface area contributed by atoms with Crippen LogP contribution in [0.25, 0.3) is 0 Å². The normalized spacial score (nSPS) is 28.9. The highest BCUT2D eigenvalue weighted by atomic mass is 35.5.